The molecule has 1 aromatic rings. The lowest BCUT2D eigenvalue weighted by Gasteiger charge is -2.11. The fourth-order valence-electron chi connectivity index (χ4n) is 5.23. The fraction of sp³-hybridized carbons (Fsp3) is 0.818. The van der Waals surface area contributed by atoms with E-state index in [1.807, 2.05) is 24.5 Å². The Balaban J connectivity index is 1.31. The molecular formula is C33H59N2O4+. The molecule has 0 aromatic carbocycles. The number of nitrogens with one attached hydrogen (secondary N) is 1. The van der Waals surface area contributed by atoms with Gasteiger partial charge in [0.2, 0.25) is 0 Å². The highest BCUT2D eigenvalue weighted by molar-refractivity contribution is 5.67. The number of pyridine rings is 1. The molecule has 1 amide bonds. The minimum atomic E-state index is -0.394. The van der Waals surface area contributed by atoms with Gasteiger partial charge in [-0.1, -0.05) is 103 Å². The van der Waals surface area contributed by atoms with Crippen LogP contribution in [0.25, 0.3) is 0 Å². The number of amides is 1. The van der Waals surface area contributed by atoms with E-state index in [2.05, 4.69) is 23.7 Å². The lowest BCUT2D eigenvalue weighted by atomic mass is 10.0. The molecule has 0 saturated carbocycles. The largest absolute Gasteiger partial charge is 0.447 e. The summed E-state index contributed by atoms with van der Waals surface area (Å²) in [6.07, 6.45) is 26.7. The summed E-state index contributed by atoms with van der Waals surface area (Å²) in [4.78, 5) is 12.0. The molecule has 6 heteroatoms. The molecule has 39 heavy (non-hydrogen) atoms. The van der Waals surface area contributed by atoms with Gasteiger partial charge in [0.05, 0.1) is 19.3 Å². The van der Waals surface area contributed by atoms with E-state index in [9.17, 15) is 4.79 Å². The van der Waals surface area contributed by atoms with E-state index >= 15 is 0 Å². The van der Waals surface area contributed by atoms with Crippen LogP contribution in [0.1, 0.15) is 129 Å². The molecule has 224 valence electrons. The topological polar surface area (TPSA) is 60.7 Å². The van der Waals surface area contributed by atoms with Crippen LogP contribution in [0.3, 0.4) is 0 Å². The van der Waals surface area contributed by atoms with Crippen molar-refractivity contribution in [3.63, 3.8) is 0 Å². The Morgan fingerprint density at radius 1 is 0.846 bits per heavy atom. The Morgan fingerprint density at radius 3 is 1.97 bits per heavy atom. The fourth-order valence-corrected chi connectivity index (χ4v) is 5.23. The molecule has 2 rings (SSSR count). The summed E-state index contributed by atoms with van der Waals surface area (Å²) >= 11 is 0. The number of nitrogens with zero attached hydrogens (tertiary/aromatic N) is 1. The van der Waals surface area contributed by atoms with Gasteiger partial charge in [0.25, 0.3) is 0 Å². The summed E-state index contributed by atoms with van der Waals surface area (Å²) < 4.78 is 19.2. The van der Waals surface area contributed by atoms with Crippen LogP contribution >= 0.6 is 0 Å². The van der Waals surface area contributed by atoms with Gasteiger partial charge in [-0.3, -0.25) is 0 Å². The second kappa shape index (κ2) is 23.1. The number of alkyl carbamates (subject to hydrolysis) is 1. The van der Waals surface area contributed by atoms with Gasteiger partial charge >= 0.3 is 6.09 Å². The van der Waals surface area contributed by atoms with Crippen molar-refractivity contribution in [3.05, 3.63) is 30.1 Å². The van der Waals surface area contributed by atoms with Gasteiger partial charge < -0.3 is 19.5 Å². The predicted octanol–water partition coefficient (Wildman–Crippen LogP) is 7.90. The first-order valence-corrected chi connectivity index (χ1v) is 16.3. The third kappa shape index (κ3) is 17.6. The maximum atomic E-state index is 12.0. The van der Waals surface area contributed by atoms with Crippen molar-refractivity contribution in [2.75, 3.05) is 26.4 Å². The van der Waals surface area contributed by atoms with Crippen LogP contribution in [0.5, 0.6) is 0 Å². The lowest BCUT2D eigenvalue weighted by Crippen LogP contribution is -2.31. The van der Waals surface area contributed by atoms with Crippen LogP contribution in [-0.4, -0.2) is 38.6 Å². The number of unbranched alkanes of at least 4 members (excludes halogenated alkanes) is 15. The third-order valence-corrected chi connectivity index (χ3v) is 7.82. The highest BCUT2D eigenvalue weighted by atomic mass is 16.6. The number of carbonyl (C=O) groups is 1. The first-order chi connectivity index (χ1) is 19.2. The van der Waals surface area contributed by atoms with E-state index in [0.29, 0.717) is 25.7 Å². The van der Waals surface area contributed by atoms with Gasteiger partial charge in [-0.05, 0) is 25.3 Å². The first kappa shape index (κ1) is 33.5. The van der Waals surface area contributed by atoms with Crippen molar-refractivity contribution in [1.82, 2.24) is 5.32 Å². The second-order valence-corrected chi connectivity index (χ2v) is 11.4. The molecule has 6 nitrogen and oxygen atoms in total. The van der Waals surface area contributed by atoms with Crippen LogP contribution in [0.15, 0.2) is 24.5 Å². The molecule has 1 N–H and O–H groups in total. The molecule has 1 aliphatic rings. The monoisotopic (exact) mass is 547 g/mol. The number of hydrogen-bond donors (Lipinski definition) is 1. The van der Waals surface area contributed by atoms with E-state index in [1.165, 1.54) is 96.3 Å². The lowest BCUT2D eigenvalue weighted by molar-refractivity contribution is -0.693. The third-order valence-electron chi connectivity index (χ3n) is 7.82. The predicted molar refractivity (Wildman–Crippen MR) is 159 cm³/mol. The molecule has 0 unspecified atom stereocenters. The smallest absolute Gasteiger partial charge is 0.407 e. The Morgan fingerprint density at radius 2 is 1.41 bits per heavy atom. The van der Waals surface area contributed by atoms with Gasteiger partial charge in [0.15, 0.2) is 12.4 Å². The molecule has 0 bridgehead atoms. The summed E-state index contributed by atoms with van der Waals surface area (Å²) in [5.74, 6) is 0.400. The van der Waals surface area contributed by atoms with Crippen LogP contribution in [0.4, 0.5) is 4.79 Å². The van der Waals surface area contributed by atoms with E-state index < -0.39 is 6.09 Å². The Kier molecular flexibility index (Phi) is 19.9. The molecule has 0 radical (unpaired) electrons. The van der Waals surface area contributed by atoms with Gasteiger partial charge in [-0.15, -0.1) is 0 Å². The summed E-state index contributed by atoms with van der Waals surface area (Å²) in [7, 11) is 0. The van der Waals surface area contributed by atoms with Crippen molar-refractivity contribution in [2.24, 2.45) is 5.92 Å². The number of aromatic nitrogens is 1. The number of ether oxygens (including phenoxy) is 3. The molecule has 0 spiro atoms. The van der Waals surface area contributed by atoms with Crippen molar-refractivity contribution in [1.29, 1.82) is 0 Å². The summed E-state index contributed by atoms with van der Waals surface area (Å²) in [5.41, 5.74) is 1.05. The molecule has 2 heterocycles. The van der Waals surface area contributed by atoms with E-state index in [0.717, 1.165) is 38.2 Å². The highest BCUT2D eigenvalue weighted by Gasteiger charge is 2.26. The zero-order valence-electron chi connectivity index (χ0n) is 25.3. The molecule has 1 aromatic heterocycles. The molecule has 1 saturated heterocycles. The number of rotatable bonds is 24. The minimum absolute atomic E-state index is 0.0277. The van der Waals surface area contributed by atoms with Gasteiger partial charge in [0, 0.05) is 31.2 Å². The van der Waals surface area contributed by atoms with Crippen LogP contribution in [-0.2, 0) is 27.3 Å². The number of aryl methyl sites for hydroxylation is 1. The standard InChI is InChI=1S/C33H58N2O4/c1-3-5-6-7-8-9-10-11-12-13-14-15-16-17-18-19-24-37-27-31-25-32(38-28-31)29-39-33(36)34-26-30-20-22-35(4-2)23-21-30/h20-23,31-32H,3-19,24-29H2,1-2H3/p+1/t31-,32-/m0/s1. The average Bonchev–Trinajstić information content (AvgIpc) is 3.42. The van der Waals surface area contributed by atoms with Crippen LogP contribution in [0.2, 0.25) is 0 Å². The normalized spacial score (nSPS) is 17.0. The second-order valence-electron chi connectivity index (χ2n) is 11.4. The molecular weight excluding hydrogens is 488 g/mol. The molecule has 1 fully saturated rings. The zero-order chi connectivity index (χ0) is 27.8. The summed E-state index contributed by atoms with van der Waals surface area (Å²) in [6, 6.07) is 4.02. The van der Waals surface area contributed by atoms with Gasteiger partial charge in [-0.25, -0.2) is 9.36 Å². The molecule has 1 aliphatic heterocycles. The highest BCUT2D eigenvalue weighted by Crippen LogP contribution is 2.20. The van der Waals surface area contributed by atoms with Crippen LogP contribution in [0, 0.1) is 5.92 Å². The molecule has 2 atom stereocenters. The van der Waals surface area contributed by atoms with Gasteiger partial charge in [0.1, 0.15) is 13.2 Å². The van der Waals surface area contributed by atoms with Crippen molar-refractivity contribution < 1.29 is 23.6 Å². The zero-order valence-corrected chi connectivity index (χ0v) is 25.3. The van der Waals surface area contributed by atoms with E-state index in [1.54, 1.807) is 0 Å². The number of hydrogen-bond acceptors (Lipinski definition) is 4. The maximum Gasteiger partial charge on any atom is 0.407 e. The minimum Gasteiger partial charge on any atom is -0.447 e. The SMILES string of the molecule is CCCCCCCCCCCCCCCCCCOC[C@H]1CO[C@H](COC(=O)NCc2cc[n+](CC)cc2)C1. The Labute approximate surface area is 239 Å². The van der Waals surface area contributed by atoms with E-state index in [4.69, 9.17) is 14.2 Å². The van der Waals surface area contributed by atoms with Crippen molar-refractivity contribution in [3.8, 4) is 0 Å². The molecule has 0 aliphatic carbocycles. The Hall–Kier alpha value is -1.66. The van der Waals surface area contributed by atoms with E-state index in [-0.39, 0.29) is 6.10 Å². The summed E-state index contributed by atoms with van der Waals surface area (Å²) in [5, 5.41) is 2.81. The van der Waals surface area contributed by atoms with Crippen molar-refractivity contribution in [2.45, 2.75) is 142 Å². The number of carbonyl (C=O) groups excluding carboxylic acids is 1. The van der Waals surface area contributed by atoms with Crippen LogP contribution < -0.4 is 9.88 Å². The summed E-state index contributed by atoms with van der Waals surface area (Å²) in [6.45, 7) is 8.36. The maximum absolute atomic E-state index is 12.0. The van der Waals surface area contributed by atoms with Gasteiger partial charge in [-0.2, -0.15) is 0 Å². The average molecular weight is 548 g/mol. The van der Waals surface area contributed by atoms with Crippen molar-refractivity contribution >= 4 is 6.09 Å². The first-order valence-electron chi connectivity index (χ1n) is 16.3. The Bertz CT molecular complexity index is 712. The quantitative estimate of drug-likeness (QED) is 0.106.